The van der Waals surface area contributed by atoms with E-state index in [1.165, 1.54) is 10.8 Å². The number of aliphatic carboxylic acids is 1. The molecule has 0 atom stereocenters. The number of hydrogen-bond donors (Lipinski definition) is 1. The Hall–Kier alpha value is -1.63. The summed E-state index contributed by atoms with van der Waals surface area (Å²) < 4.78 is 0. The molecule has 7 heteroatoms. The van der Waals surface area contributed by atoms with Crippen LogP contribution < -0.4 is 29.6 Å². The molecule has 0 saturated carbocycles. The summed E-state index contributed by atoms with van der Waals surface area (Å²) in [4.78, 5) is 17.2. The number of carbonyl (C=O) groups is 1. The van der Waals surface area contributed by atoms with E-state index in [0.29, 0.717) is 0 Å². The zero-order valence-electron chi connectivity index (χ0n) is 10.6. The van der Waals surface area contributed by atoms with Gasteiger partial charge >= 0.3 is 29.6 Å². The quantitative estimate of drug-likeness (QED) is 0.403. The average molecular weight is 273 g/mol. The van der Waals surface area contributed by atoms with Crippen molar-refractivity contribution < 1.29 is 44.5 Å². The number of carboxylic acids is 1. The molecule has 0 amide bonds. The summed E-state index contributed by atoms with van der Waals surface area (Å²) in [5.74, 6) is -0.833. The first-order valence-corrected chi connectivity index (χ1v) is 4.88. The first-order valence-electron chi connectivity index (χ1n) is 4.88. The van der Waals surface area contributed by atoms with E-state index in [2.05, 4.69) is 48.5 Å². The molecule has 0 unspecified atom stereocenters. The summed E-state index contributed by atoms with van der Waals surface area (Å²) >= 11 is 0. The predicted octanol–water partition coefficient (Wildman–Crippen LogP) is -0.304. The molecule has 1 N–H and O–H groups in total. The first kappa shape index (κ1) is 19.7. The molecule has 0 aliphatic carbocycles. The van der Waals surface area contributed by atoms with Gasteiger partial charge in [0.25, 0.3) is 5.97 Å². The SMILES string of the molecule is CC(=O)O.O=[N+]([O-])[O-].[Na+].c1ccc2ccccc2c1. The summed E-state index contributed by atoms with van der Waals surface area (Å²) in [6.07, 6.45) is 0. The number of benzene rings is 2. The molecule has 96 valence electrons. The number of nitrogens with zero attached hydrogens (tertiary/aromatic N) is 1. The Labute approximate surface area is 132 Å². The van der Waals surface area contributed by atoms with Gasteiger partial charge in [0.2, 0.25) is 0 Å². The molecular formula is C12H12NNaO5. The molecule has 0 fully saturated rings. The second-order valence-corrected chi connectivity index (χ2v) is 3.09. The van der Waals surface area contributed by atoms with E-state index >= 15 is 0 Å². The Morgan fingerprint density at radius 3 is 1.32 bits per heavy atom. The Morgan fingerprint density at radius 2 is 1.16 bits per heavy atom. The third kappa shape index (κ3) is 12.6. The van der Waals surface area contributed by atoms with Crippen LogP contribution in [0.15, 0.2) is 48.5 Å². The minimum absolute atomic E-state index is 0. The van der Waals surface area contributed by atoms with Gasteiger partial charge < -0.3 is 20.4 Å². The molecule has 0 radical (unpaired) electrons. The van der Waals surface area contributed by atoms with Gasteiger partial charge in [-0.25, -0.2) is 0 Å². The van der Waals surface area contributed by atoms with Crippen molar-refractivity contribution in [3.8, 4) is 0 Å². The monoisotopic (exact) mass is 273 g/mol. The Morgan fingerprint density at radius 1 is 1.00 bits per heavy atom. The fourth-order valence-corrected chi connectivity index (χ4v) is 1.13. The van der Waals surface area contributed by atoms with Crippen LogP contribution in [0.2, 0.25) is 0 Å². The van der Waals surface area contributed by atoms with Gasteiger partial charge in [0.1, 0.15) is 0 Å². The van der Waals surface area contributed by atoms with Crippen LogP contribution in [0.4, 0.5) is 0 Å². The number of hydrogen-bond acceptors (Lipinski definition) is 4. The number of carboxylic acid groups (broad SMARTS) is 1. The van der Waals surface area contributed by atoms with Gasteiger partial charge in [0.15, 0.2) is 0 Å². The van der Waals surface area contributed by atoms with E-state index in [-0.39, 0.29) is 29.6 Å². The Kier molecular flexibility index (Phi) is 11.9. The van der Waals surface area contributed by atoms with E-state index in [0.717, 1.165) is 6.92 Å². The van der Waals surface area contributed by atoms with Crippen LogP contribution in [0.1, 0.15) is 6.92 Å². The molecular weight excluding hydrogens is 261 g/mol. The van der Waals surface area contributed by atoms with E-state index < -0.39 is 11.1 Å². The molecule has 0 aromatic heterocycles. The molecule has 6 nitrogen and oxygen atoms in total. The van der Waals surface area contributed by atoms with Gasteiger partial charge in [0, 0.05) is 6.92 Å². The fourth-order valence-electron chi connectivity index (χ4n) is 1.13. The standard InChI is InChI=1S/C10H8.C2H4O2.NO3.Na/c1-2-6-10-8-4-3-7-9(10)5-1;1-2(3)4;2-1(3)4;/h1-8H;1H3,(H,3,4);;/q;;-1;+1. The predicted molar refractivity (Wildman–Crippen MR) is 67.6 cm³/mol. The van der Waals surface area contributed by atoms with Crippen molar-refractivity contribution in [2.45, 2.75) is 6.92 Å². The van der Waals surface area contributed by atoms with Crippen LogP contribution in [-0.2, 0) is 4.79 Å². The van der Waals surface area contributed by atoms with Crippen molar-refractivity contribution in [3.05, 3.63) is 63.9 Å². The van der Waals surface area contributed by atoms with Crippen molar-refractivity contribution in [2.24, 2.45) is 0 Å². The minimum atomic E-state index is -1.75. The van der Waals surface area contributed by atoms with Gasteiger partial charge in [-0.1, -0.05) is 48.5 Å². The number of rotatable bonds is 0. The van der Waals surface area contributed by atoms with Gasteiger partial charge in [0.05, 0.1) is 5.09 Å². The van der Waals surface area contributed by atoms with Crippen LogP contribution >= 0.6 is 0 Å². The van der Waals surface area contributed by atoms with E-state index in [1.54, 1.807) is 0 Å². The van der Waals surface area contributed by atoms with Crippen LogP contribution in [0, 0.1) is 15.3 Å². The summed E-state index contributed by atoms with van der Waals surface area (Å²) in [5, 5.41) is 24.8. The first-order chi connectivity index (χ1) is 8.43. The topological polar surface area (TPSA) is 104 Å². The molecule has 0 heterocycles. The van der Waals surface area contributed by atoms with Crippen molar-refractivity contribution in [1.82, 2.24) is 0 Å². The van der Waals surface area contributed by atoms with Gasteiger partial charge in [-0.15, -0.1) is 0 Å². The summed E-state index contributed by atoms with van der Waals surface area (Å²) in [5.41, 5.74) is 0. The van der Waals surface area contributed by atoms with Crippen LogP contribution in [0.5, 0.6) is 0 Å². The van der Waals surface area contributed by atoms with E-state index in [1.807, 2.05) is 0 Å². The molecule has 0 saturated heterocycles. The summed E-state index contributed by atoms with van der Waals surface area (Å²) in [6, 6.07) is 16.7. The molecule has 19 heavy (non-hydrogen) atoms. The fraction of sp³-hybridized carbons (Fsp3) is 0.0833. The van der Waals surface area contributed by atoms with E-state index in [4.69, 9.17) is 25.2 Å². The maximum absolute atomic E-state index is 9.00. The molecule has 0 bridgehead atoms. The van der Waals surface area contributed by atoms with Gasteiger partial charge in [-0.3, -0.25) is 4.79 Å². The van der Waals surface area contributed by atoms with Crippen molar-refractivity contribution in [1.29, 1.82) is 0 Å². The smallest absolute Gasteiger partial charge is 0.481 e. The summed E-state index contributed by atoms with van der Waals surface area (Å²) in [7, 11) is 0. The second kappa shape index (κ2) is 11.5. The zero-order valence-corrected chi connectivity index (χ0v) is 12.6. The van der Waals surface area contributed by atoms with E-state index in [9.17, 15) is 0 Å². The molecule has 0 spiro atoms. The Balaban J connectivity index is 0. The van der Waals surface area contributed by atoms with Gasteiger partial charge in [-0.05, 0) is 10.8 Å². The largest absolute Gasteiger partial charge is 1.00 e. The van der Waals surface area contributed by atoms with Crippen LogP contribution in [0.3, 0.4) is 0 Å². The maximum Gasteiger partial charge on any atom is 1.00 e. The second-order valence-electron chi connectivity index (χ2n) is 3.09. The molecule has 0 aliphatic rings. The zero-order chi connectivity index (χ0) is 14.0. The minimum Gasteiger partial charge on any atom is -0.481 e. The van der Waals surface area contributed by atoms with Crippen molar-refractivity contribution >= 4 is 16.7 Å². The maximum atomic E-state index is 9.00. The molecule has 2 rings (SSSR count). The molecule has 2 aromatic carbocycles. The van der Waals surface area contributed by atoms with Gasteiger partial charge in [-0.2, -0.15) is 0 Å². The Bertz CT molecular complexity index is 433. The van der Waals surface area contributed by atoms with Crippen LogP contribution in [0.25, 0.3) is 10.8 Å². The average Bonchev–Trinajstić information content (AvgIpc) is 2.28. The molecule has 0 aliphatic heterocycles. The van der Waals surface area contributed by atoms with Crippen molar-refractivity contribution in [2.75, 3.05) is 0 Å². The van der Waals surface area contributed by atoms with Crippen molar-refractivity contribution in [3.63, 3.8) is 0 Å². The third-order valence-electron chi connectivity index (χ3n) is 1.66. The third-order valence-corrected chi connectivity index (χ3v) is 1.66. The summed E-state index contributed by atoms with van der Waals surface area (Å²) in [6.45, 7) is 1.08. The van der Waals surface area contributed by atoms with Crippen LogP contribution in [-0.4, -0.2) is 16.2 Å². The number of fused-ring (bicyclic) bond motifs is 1. The normalized spacial score (nSPS) is 7.84. The molecule has 2 aromatic rings.